The number of rotatable bonds is 13. The van der Waals surface area contributed by atoms with E-state index in [1.165, 1.54) is 51.4 Å². The summed E-state index contributed by atoms with van der Waals surface area (Å²) in [6.45, 7) is 0. The fourth-order valence-corrected chi connectivity index (χ4v) is 3.51. The van der Waals surface area contributed by atoms with Gasteiger partial charge in [0.25, 0.3) is 0 Å². The molecule has 1 N–H and O–H groups in total. The average Bonchev–Trinajstić information content (AvgIpc) is 2.29. The summed E-state index contributed by atoms with van der Waals surface area (Å²) in [5, 5.41) is 8.48. The number of hydrogen-bond donors (Lipinski definition) is 1. The van der Waals surface area contributed by atoms with Crippen LogP contribution in [-0.4, -0.2) is 18.5 Å². The molecule has 0 atom stereocenters. The second-order valence-corrected chi connectivity index (χ2v) is 10.0. The van der Waals surface area contributed by atoms with E-state index in [0.717, 1.165) is 18.9 Å². The second kappa shape index (κ2) is 13.7. The number of unbranched alkanes of at least 4 members (excludes halogenated alkanes) is 9. The van der Waals surface area contributed by atoms with Crippen molar-refractivity contribution in [2.24, 2.45) is 0 Å². The molecule has 0 aromatic carbocycles. The summed E-state index contributed by atoms with van der Waals surface area (Å²) in [4.78, 5) is 10.3. The van der Waals surface area contributed by atoms with E-state index in [2.05, 4.69) is 0 Å². The Kier molecular flexibility index (Phi) is 13.9. The van der Waals surface area contributed by atoms with Gasteiger partial charge in [0.05, 0.1) is 0 Å². The molecule has 0 radical (unpaired) electrons. The van der Waals surface area contributed by atoms with Gasteiger partial charge in [-0.15, -0.1) is 0 Å². The summed E-state index contributed by atoms with van der Waals surface area (Å²) < 4.78 is 0. The van der Waals surface area contributed by atoms with Gasteiger partial charge in [0.2, 0.25) is 7.42 Å². The lowest BCUT2D eigenvalue weighted by atomic mass is 10.1. The molecule has 5 heteroatoms. The first-order chi connectivity index (χ1) is 8.63. The van der Waals surface area contributed by atoms with Crippen LogP contribution in [0, 0.1) is 0 Å². The summed E-state index contributed by atoms with van der Waals surface area (Å²) in [5.41, 5.74) is 0. The molecule has 108 valence electrons. The molecule has 0 saturated heterocycles. The number of aliphatic carboxylic acids is 1. The SMILES string of the molecule is O=C(O)CCCCCCCCCCCC[SiH](Cl)Cl. The Hall–Kier alpha value is 0.267. The molecule has 18 heavy (non-hydrogen) atoms. The monoisotopic (exact) mass is 312 g/mol. The molecule has 0 amide bonds. The summed E-state index contributed by atoms with van der Waals surface area (Å²) in [6, 6.07) is 1.05. The fraction of sp³-hybridized carbons (Fsp3) is 0.923. The van der Waals surface area contributed by atoms with Crippen molar-refractivity contribution in [1.29, 1.82) is 0 Å². The first-order valence-electron chi connectivity index (χ1n) is 7.13. The molecule has 0 unspecified atom stereocenters. The highest BCUT2D eigenvalue weighted by Crippen LogP contribution is 2.14. The van der Waals surface area contributed by atoms with Crippen molar-refractivity contribution < 1.29 is 9.90 Å². The lowest BCUT2D eigenvalue weighted by molar-refractivity contribution is -0.137. The smallest absolute Gasteiger partial charge is 0.303 e. The van der Waals surface area contributed by atoms with Crippen molar-refractivity contribution >= 4 is 35.5 Å². The molecular weight excluding hydrogens is 287 g/mol. The standard InChI is InChI=1S/C13H26Cl2O2Si/c14-18(15)12-10-8-6-4-2-1-3-5-7-9-11-13(16)17/h18H,1-12H2,(H,16,17). The molecule has 0 aliphatic carbocycles. The van der Waals surface area contributed by atoms with Gasteiger partial charge in [-0.1, -0.05) is 57.8 Å². The molecule has 2 nitrogen and oxygen atoms in total. The average molecular weight is 313 g/mol. The third-order valence-electron chi connectivity index (χ3n) is 3.06. The highest BCUT2D eigenvalue weighted by molar-refractivity contribution is 7.33. The van der Waals surface area contributed by atoms with Gasteiger partial charge < -0.3 is 5.11 Å². The summed E-state index contributed by atoms with van der Waals surface area (Å²) in [6.07, 6.45) is 12.3. The van der Waals surface area contributed by atoms with Crippen LogP contribution in [-0.2, 0) is 4.79 Å². The number of carbonyl (C=O) groups is 1. The van der Waals surface area contributed by atoms with Crippen LogP contribution in [0.25, 0.3) is 0 Å². The third kappa shape index (κ3) is 16.3. The molecule has 0 aliphatic heterocycles. The van der Waals surface area contributed by atoms with Crippen LogP contribution in [0.5, 0.6) is 0 Å². The normalized spacial score (nSPS) is 11.1. The van der Waals surface area contributed by atoms with Crippen molar-refractivity contribution in [2.45, 2.75) is 76.7 Å². The molecule has 0 aliphatic rings. The lowest BCUT2D eigenvalue weighted by Crippen LogP contribution is -1.93. The molecule has 0 heterocycles. The topological polar surface area (TPSA) is 37.3 Å². The zero-order chi connectivity index (χ0) is 13.6. The molecule has 0 bridgehead atoms. The van der Waals surface area contributed by atoms with E-state index in [1.807, 2.05) is 0 Å². The van der Waals surface area contributed by atoms with E-state index in [9.17, 15) is 4.79 Å². The maximum absolute atomic E-state index is 10.3. The lowest BCUT2D eigenvalue weighted by Gasteiger charge is -2.02. The maximum atomic E-state index is 10.3. The van der Waals surface area contributed by atoms with Crippen LogP contribution in [0.1, 0.15) is 70.6 Å². The van der Waals surface area contributed by atoms with Crippen LogP contribution in [0.3, 0.4) is 0 Å². The van der Waals surface area contributed by atoms with Crippen LogP contribution in [0.15, 0.2) is 0 Å². The zero-order valence-electron chi connectivity index (χ0n) is 11.2. The predicted octanol–water partition coefficient (Wildman–Crippen LogP) is 5.06. The summed E-state index contributed by atoms with van der Waals surface area (Å²) in [7, 11) is -1.36. The Morgan fingerprint density at radius 3 is 1.56 bits per heavy atom. The number of carboxylic acid groups (broad SMARTS) is 1. The summed E-state index contributed by atoms with van der Waals surface area (Å²) >= 11 is 11.6. The summed E-state index contributed by atoms with van der Waals surface area (Å²) in [5.74, 6) is -0.672. The van der Waals surface area contributed by atoms with Crippen LogP contribution in [0.4, 0.5) is 0 Å². The molecule has 0 aromatic rings. The Morgan fingerprint density at radius 2 is 1.17 bits per heavy atom. The van der Waals surface area contributed by atoms with Crippen molar-refractivity contribution in [3.8, 4) is 0 Å². The molecular formula is C13H26Cl2O2Si. The van der Waals surface area contributed by atoms with Gasteiger partial charge in [-0.2, -0.15) is 22.2 Å². The van der Waals surface area contributed by atoms with Crippen molar-refractivity contribution in [2.75, 3.05) is 0 Å². The van der Waals surface area contributed by atoms with Crippen LogP contribution in [0.2, 0.25) is 6.04 Å². The van der Waals surface area contributed by atoms with Gasteiger partial charge in [0.15, 0.2) is 0 Å². The number of carboxylic acids is 1. The van der Waals surface area contributed by atoms with Crippen molar-refractivity contribution in [3.63, 3.8) is 0 Å². The Balaban J connectivity index is 2.97. The van der Waals surface area contributed by atoms with Gasteiger partial charge in [-0.3, -0.25) is 4.79 Å². The van der Waals surface area contributed by atoms with Crippen molar-refractivity contribution in [1.82, 2.24) is 0 Å². The van der Waals surface area contributed by atoms with Gasteiger partial charge in [-0.25, -0.2) is 0 Å². The highest BCUT2D eigenvalue weighted by Gasteiger charge is 2.00. The first-order valence-corrected chi connectivity index (χ1v) is 11.4. The largest absolute Gasteiger partial charge is 0.481 e. The molecule has 0 fully saturated rings. The number of halogens is 2. The quantitative estimate of drug-likeness (QED) is 0.293. The van der Waals surface area contributed by atoms with E-state index in [-0.39, 0.29) is 0 Å². The fourth-order valence-electron chi connectivity index (χ4n) is 1.99. The minimum absolute atomic E-state index is 0.325. The van der Waals surface area contributed by atoms with E-state index in [1.54, 1.807) is 0 Å². The minimum Gasteiger partial charge on any atom is -0.481 e. The Bertz CT molecular complexity index is 201. The van der Waals surface area contributed by atoms with Gasteiger partial charge in [0.1, 0.15) is 0 Å². The Morgan fingerprint density at radius 1 is 0.778 bits per heavy atom. The zero-order valence-corrected chi connectivity index (χ0v) is 13.8. The highest BCUT2D eigenvalue weighted by atomic mass is 35.7. The van der Waals surface area contributed by atoms with E-state index < -0.39 is 13.4 Å². The van der Waals surface area contributed by atoms with Gasteiger partial charge in [-0.05, 0) is 12.5 Å². The van der Waals surface area contributed by atoms with Gasteiger partial charge in [0, 0.05) is 6.42 Å². The molecule has 0 saturated carbocycles. The van der Waals surface area contributed by atoms with Crippen LogP contribution < -0.4 is 0 Å². The first kappa shape index (κ1) is 18.3. The van der Waals surface area contributed by atoms with Gasteiger partial charge >= 0.3 is 5.97 Å². The molecule has 0 spiro atoms. The third-order valence-corrected chi connectivity index (χ3v) is 5.22. The molecule has 0 rings (SSSR count). The number of hydrogen-bond acceptors (Lipinski definition) is 1. The second-order valence-electron chi connectivity index (χ2n) is 4.86. The Labute approximate surface area is 122 Å². The van der Waals surface area contributed by atoms with E-state index in [0.29, 0.717) is 6.42 Å². The minimum atomic E-state index is -1.36. The maximum Gasteiger partial charge on any atom is 0.303 e. The van der Waals surface area contributed by atoms with E-state index in [4.69, 9.17) is 27.3 Å². The van der Waals surface area contributed by atoms with Crippen LogP contribution >= 0.6 is 22.2 Å². The molecule has 0 aromatic heterocycles. The predicted molar refractivity (Wildman–Crippen MR) is 82.1 cm³/mol. The van der Waals surface area contributed by atoms with Crippen molar-refractivity contribution in [3.05, 3.63) is 0 Å². The van der Waals surface area contributed by atoms with E-state index >= 15 is 0 Å².